The standard InChI is InChI=1S/C16H16FNOS2/c17-13-3-1-2-4-15(13)21-10-7-16(19)18-8-5-14-12(11-18)6-9-20-14/h1-4,6,9H,5,7-8,10-11H2. The Balaban J connectivity index is 1.50. The second-order valence-electron chi connectivity index (χ2n) is 4.96. The Morgan fingerprint density at radius 1 is 1.33 bits per heavy atom. The van der Waals surface area contributed by atoms with Crippen molar-refractivity contribution in [3.63, 3.8) is 0 Å². The minimum atomic E-state index is -0.212. The van der Waals surface area contributed by atoms with E-state index in [1.807, 2.05) is 11.0 Å². The summed E-state index contributed by atoms with van der Waals surface area (Å²) in [6, 6.07) is 8.80. The van der Waals surface area contributed by atoms with Crippen molar-refractivity contribution < 1.29 is 9.18 Å². The van der Waals surface area contributed by atoms with Gasteiger partial charge in [-0.15, -0.1) is 23.1 Å². The quantitative estimate of drug-likeness (QED) is 0.795. The van der Waals surface area contributed by atoms with Gasteiger partial charge < -0.3 is 4.90 Å². The van der Waals surface area contributed by atoms with E-state index in [2.05, 4.69) is 11.4 Å². The summed E-state index contributed by atoms with van der Waals surface area (Å²) in [6.07, 6.45) is 1.41. The lowest BCUT2D eigenvalue weighted by atomic mass is 10.1. The molecule has 5 heteroatoms. The van der Waals surface area contributed by atoms with Crippen LogP contribution in [0, 0.1) is 5.82 Å². The molecule has 0 aliphatic carbocycles. The van der Waals surface area contributed by atoms with E-state index in [0.717, 1.165) is 19.5 Å². The number of hydrogen-bond donors (Lipinski definition) is 0. The number of nitrogens with zero attached hydrogens (tertiary/aromatic N) is 1. The second kappa shape index (κ2) is 6.62. The number of thiophene rings is 1. The molecule has 0 saturated carbocycles. The zero-order chi connectivity index (χ0) is 14.7. The Morgan fingerprint density at radius 3 is 3.05 bits per heavy atom. The highest BCUT2D eigenvalue weighted by molar-refractivity contribution is 7.99. The van der Waals surface area contributed by atoms with Crippen LogP contribution in [-0.2, 0) is 17.8 Å². The van der Waals surface area contributed by atoms with Gasteiger partial charge in [0.15, 0.2) is 0 Å². The first-order valence-corrected chi connectivity index (χ1v) is 8.81. The molecule has 21 heavy (non-hydrogen) atoms. The number of carbonyl (C=O) groups is 1. The molecule has 2 heterocycles. The molecular weight excluding hydrogens is 305 g/mol. The van der Waals surface area contributed by atoms with Crippen LogP contribution in [0.2, 0.25) is 0 Å². The molecule has 0 spiro atoms. The molecule has 1 aromatic carbocycles. The first kappa shape index (κ1) is 14.6. The van der Waals surface area contributed by atoms with Gasteiger partial charge in [0.1, 0.15) is 5.82 Å². The molecule has 1 amide bonds. The maximum atomic E-state index is 13.5. The van der Waals surface area contributed by atoms with E-state index in [0.29, 0.717) is 17.1 Å². The molecule has 1 aliphatic rings. The number of carbonyl (C=O) groups excluding carboxylic acids is 1. The van der Waals surface area contributed by atoms with E-state index in [-0.39, 0.29) is 11.7 Å². The zero-order valence-corrected chi connectivity index (χ0v) is 13.2. The molecule has 3 rings (SSSR count). The van der Waals surface area contributed by atoms with E-state index in [1.165, 1.54) is 28.3 Å². The SMILES string of the molecule is O=C(CCSc1ccccc1F)N1CCc2sccc2C1. The highest BCUT2D eigenvalue weighted by Crippen LogP contribution is 2.25. The number of hydrogen-bond acceptors (Lipinski definition) is 3. The van der Waals surface area contributed by atoms with Gasteiger partial charge in [0.25, 0.3) is 0 Å². The minimum Gasteiger partial charge on any atom is -0.338 e. The van der Waals surface area contributed by atoms with Gasteiger partial charge in [0.05, 0.1) is 0 Å². The van der Waals surface area contributed by atoms with E-state index in [1.54, 1.807) is 23.5 Å². The molecule has 0 saturated heterocycles. The van der Waals surface area contributed by atoms with Crippen LogP contribution in [0.25, 0.3) is 0 Å². The fourth-order valence-electron chi connectivity index (χ4n) is 2.43. The molecule has 0 unspecified atom stereocenters. The molecule has 110 valence electrons. The number of rotatable bonds is 4. The van der Waals surface area contributed by atoms with E-state index in [9.17, 15) is 9.18 Å². The topological polar surface area (TPSA) is 20.3 Å². The Labute approximate surface area is 132 Å². The number of amides is 1. The first-order chi connectivity index (χ1) is 10.2. The van der Waals surface area contributed by atoms with Crippen LogP contribution in [0.15, 0.2) is 40.6 Å². The third-order valence-electron chi connectivity index (χ3n) is 3.57. The van der Waals surface area contributed by atoms with Gasteiger partial charge in [-0.1, -0.05) is 12.1 Å². The smallest absolute Gasteiger partial charge is 0.223 e. The molecule has 2 aromatic rings. The summed E-state index contributed by atoms with van der Waals surface area (Å²) in [5.74, 6) is 0.568. The largest absolute Gasteiger partial charge is 0.338 e. The van der Waals surface area contributed by atoms with Crippen molar-refractivity contribution in [2.75, 3.05) is 12.3 Å². The summed E-state index contributed by atoms with van der Waals surface area (Å²) in [7, 11) is 0. The van der Waals surface area contributed by atoms with E-state index < -0.39 is 0 Å². The van der Waals surface area contributed by atoms with Crippen molar-refractivity contribution in [2.24, 2.45) is 0 Å². The lowest BCUT2D eigenvalue weighted by molar-refractivity contribution is -0.131. The predicted octanol–water partition coefficient (Wildman–Crippen LogP) is 3.95. The van der Waals surface area contributed by atoms with Gasteiger partial charge in [-0.25, -0.2) is 4.39 Å². The molecule has 1 aliphatic heterocycles. The van der Waals surface area contributed by atoms with Crippen LogP contribution in [0.5, 0.6) is 0 Å². The first-order valence-electron chi connectivity index (χ1n) is 6.94. The normalized spacial score (nSPS) is 14.0. The summed E-state index contributed by atoms with van der Waals surface area (Å²) < 4.78 is 13.5. The van der Waals surface area contributed by atoms with Crippen LogP contribution < -0.4 is 0 Å². The Hall–Kier alpha value is -1.33. The Morgan fingerprint density at radius 2 is 2.19 bits per heavy atom. The summed E-state index contributed by atoms with van der Waals surface area (Å²) >= 11 is 3.18. The number of benzene rings is 1. The lowest BCUT2D eigenvalue weighted by Crippen LogP contribution is -2.35. The van der Waals surface area contributed by atoms with Gasteiger partial charge in [-0.05, 0) is 35.6 Å². The minimum absolute atomic E-state index is 0.163. The van der Waals surface area contributed by atoms with Crippen molar-refractivity contribution in [2.45, 2.75) is 24.3 Å². The highest BCUT2D eigenvalue weighted by Gasteiger charge is 2.21. The summed E-state index contributed by atoms with van der Waals surface area (Å²) in [5.41, 5.74) is 1.28. The fourth-order valence-corrected chi connectivity index (χ4v) is 4.20. The number of fused-ring (bicyclic) bond motifs is 1. The van der Waals surface area contributed by atoms with Crippen molar-refractivity contribution in [3.8, 4) is 0 Å². The zero-order valence-electron chi connectivity index (χ0n) is 11.5. The van der Waals surface area contributed by atoms with Crippen molar-refractivity contribution >= 4 is 29.0 Å². The van der Waals surface area contributed by atoms with Gasteiger partial charge in [0.2, 0.25) is 5.91 Å². The Kier molecular flexibility index (Phi) is 4.60. The molecule has 0 atom stereocenters. The second-order valence-corrected chi connectivity index (χ2v) is 7.10. The monoisotopic (exact) mass is 321 g/mol. The summed E-state index contributed by atoms with van der Waals surface area (Å²) in [5, 5.41) is 2.09. The maximum Gasteiger partial charge on any atom is 0.223 e. The molecule has 1 aromatic heterocycles. The fraction of sp³-hybridized carbons (Fsp3) is 0.312. The molecule has 0 radical (unpaired) electrons. The third kappa shape index (κ3) is 3.47. The van der Waals surface area contributed by atoms with E-state index in [4.69, 9.17) is 0 Å². The lowest BCUT2D eigenvalue weighted by Gasteiger charge is -2.27. The molecule has 2 nitrogen and oxygen atoms in total. The third-order valence-corrected chi connectivity index (χ3v) is 5.64. The molecule has 0 N–H and O–H groups in total. The molecule has 0 fully saturated rings. The van der Waals surface area contributed by atoms with Crippen LogP contribution in [0.1, 0.15) is 16.9 Å². The van der Waals surface area contributed by atoms with Crippen LogP contribution in [-0.4, -0.2) is 23.1 Å². The van der Waals surface area contributed by atoms with Gasteiger partial charge in [-0.3, -0.25) is 4.79 Å². The van der Waals surface area contributed by atoms with Gasteiger partial charge >= 0.3 is 0 Å². The average Bonchev–Trinajstić information content (AvgIpc) is 2.96. The highest BCUT2D eigenvalue weighted by atomic mass is 32.2. The van der Waals surface area contributed by atoms with Crippen molar-refractivity contribution in [3.05, 3.63) is 52.0 Å². The van der Waals surface area contributed by atoms with Gasteiger partial charge in [0, 0.05) is 35.0 Å². The van der Waals surface area contributed by atoms with Crippen molar-refractivity contribution in [1.29, 1.82) is 0 Å². The molecule has 0 bridgehead atoms. The summed E-state index contributed by atoms with van der Waals surface area (Å²) in [4.78, 5) is 16.2. The molecular formula is C16H16FNOS2. The van der Waals surface area contributed by atoms with Crippen molar-refractivity contribution in [1.82, 2.24) is 4.90 Å². The summed E-state index contributed by atoms with van der Waals surface area (Å²) in [6.45, 7) is 1.53. The number of thioether (sulfide) groups is 1. The van der Waals surface area contributed by atoms with Crippen LogP contribution in [0.3, 0.4) is 0 Å². The van der Waals surface area contributed by atoms with E-state index >= 15 is 0 Å². The maximum absolute atomic E-state index is 13.5. The van der Waals surface area contributed by atoms with Crippen LogP contribution >= 0.6 is 23.1 Å². The van der Waals surface area contributed by atoms with Crippen LogP contribution in [0.4, 0.5) is 4.39 Å². The predicted molar refractivity (Wildman–Crippen MR) is 85.2 cm³/mol. The number of halogens is 1. The Bertz CT molecular complexity index is 641. The van der Waals surface area contributed by atoms with Gasteiger partial charge in [-0.2, -0.15) is 0 Å². The average molecular weight is 321 g/mol.